The molecule has 0 aromatic carbocycles. The highest BCUT2D eigenvalue weighted by molar-refractivity contribution is 5.85. The molecule has 1 heterocycles. The zero-order chi connectivity index (χ0) is 12.8. The van der Waals surface area contributed by atoms with Crippen LogP contribution in [0.2, 0.25) is 0 Å². The van der Waals surface area contributed by atoms with Gasteiger partial charge in [0.05, 0.1) is 0 Å². The van der Waals surface area contributed by atoms with Crippen LogP contribution in [0.1, 0.15) is 38.5 Å². The largest absolute Gasteiger partial charge is 0.385 e. The molecule has 5 heteroatoms. The van der Waals surface area contributed by atoms with Gasteiger partial charge in [0.15, 0.2) is 0 Å². The number of carbonyl (C=O) groups excluding carboxylic acids is 1. The average Bonchev–Trinajstić information content (AvgIpc) is 2.38. The Bertz CT molecular complexity index is 277. The summed E-state index contributed by atoms with van der Waals surface area (Å²) >= 11 is 0. The standard InChI is InChI=1S/C14H26N2O2.ClH/c1-18-10-7-14(5-2-6-14)11-16-13(17)12-3-8-15-9-4-12;/h12,15H,2-11H2,1H3,(H,16,17);1H. The highest BCUT2D eigenvalue weighted by Gasteiger charge is 2.37. The van der Waals surface area contributed by atoms with Crippen LogP contribution < -0.4 is 10.6 Å². The van der Waals surface area contributed by atoms with E-state index in [1.165, 1.54) is 19.3 Å². The van der Waals surface area contributed by atoms with Crippen molar-refractivity contribution in [1.29, 1.82) is 0 Å². The molecule has 0 spiro atoms. The van der Waals surface area contributed by atoms with E-state index in [0.29, 0.717) is 5.41 Å². The van der Waals surface area contributed by atoms with Crippen LogP contribution in [0.25, 0.3) is 0 Å². The second kappa shape index (κ2) is 8.08. The maximum absolute atomic E-state index is 12.1. The Morgan fingerprint density at radius 1 is 1.37 bits per heavy atom. The molecule has 0 bridgehead atoms. The van der Waals surface area contributed by atoms with Gasteiger partial charge in [-0.05, 0) is 50.6 Å². The van der Waals surface area contributed by atoms with E-state index in [0.717, 1.165) is 45.5 Å². The Balaban J connectivity index is 0.00000180. The zero-order valence-electron chi connectivity index (χ0n) is 11.9. The third-order valence-corrected chi connectivity index (χ3v) is 4.60. The smallest absolute Gasteiger partial charge is 0.223 e. The van der Waals surface area contributed by atoms with Gasteiger partial charge in [0, 0.05) is 26.2 Å². The highest BCUT2D eigenvalue weighted by Crippen LogP contribution is 2.43. The van der Waals surface area contributed by atoms with Crippen LogP contribution in [0.4, 0.5) is 0 Å². The van der Waals surface area contributed by atoms with E-state index in [1.807, 2.05) is 0 Å². The lowest BCUT2D eigenvalue weighted by Gasteiger charge is -2.42. The van der Waals surface area contributed by atoms with Gasteiger partial charge in [-0.3, -0.25) is 4.79 Å². The molecule has 1 amide bonds. The zero-order valence-corrected chi connectivity index (χ0v) is 12.7. The van der Waals surface area contributed by atoms with Gasteiger partial charge in [-0.2, -0.15) is 0 Å². The monoisotopic (exact) mass is 290 g/mol. The van der Waals surface area contributed by atoms with Crippen molar-refractivity contribution in [2.45, 2.75) is 38.5 Å². The average molecular weight is 291 g/mol. The summed E-state index contributed by atoms with van der Waals surface area (Å²) in [6.07, 6.45) is 6.82. The Hall–Kier alpha value is -0.320. The molecule has 2 N–H and O–H groups in total. The van der Waals surface area contributed by atoms with Gasteiger partial charge in [-0.1, -0.05) is 6.42 Å². The summed E-state index contributed by atoms with van der Waals surface area (Å²) < 4.78 is 5.18. The summed E-state index contributed by atoms with van der Waals surface area (Å²) in [6.45, 7) is 3.61. The van der Waals surface area contributed by atoms with Crippen LogP contribution in [0.3, 0.4) is 0 Å². The molecule has 1 saturated carbocycles. The fourth-order valence-corrected chi connectivity index (χ4v) is 3.01. The van der Waals surface area contributed by atoms with Gasteiger partial charge in [-0.15, -0.1) is 12.4 Å². The molecule has 0 radical (unpaired) electrons. The predicted octanol–water partition coefficient (Wildman–Crippen LogP) is 1.73. The number of carbonyl (C=O) groups is 1. The first-order chi connectivity index (χ1) is 8.76. The van der Waals surface area contributed by atoms with E-state index in [2.05, 4.69) is 10.6 Å². The molecule has 1 saturated heterocycles. The molecule has 0 atom stereocenters. The fourth-order valence-electron chi connectivity index (χ4n) is 3.01. The van der Waals surface area contributed by atoms with E-state index >= 15 is 0 Å². The van der Waals surface area contributed by atoms with Crippen molar-refractivity contribution in [1.82, 2.24) is 10.6 Å². The molecule has 2 fully saturated rings. The van der Waals surface area contributed by atoms with Crippen LogP contribution in [0.15, 0.2) is 0 Å². The lowest BCUT2D eigenvalue weighted by Crippen LogP contribution is -2.46. The van der Waals surface area contributed by atoms with Crippen molar-refractivity contribution in [3.05, 3.63) is 0 Å². The number of halogens is 1. The summed E-state index contributed by atoms with van der Waals surface area (Å²) in [5.41, 5.74) is 0.332. The highest BCUT2D eigenvalue weighted by atomic mass is 35.5. The normalized spacial score (nSPS) is 22.2. The first-order valence-corrected chi connectivity index (χ1v) is 7.23. The maximum Gasteiger partial charge on any atom is 0.223 e. The lowest BCUT2D eigenvalue weighted by molar-refractivity contribution is -0.126. The number of piperidine rings is 1. The summed E-state index contributed by atoms with van der Waals surface area (Å²) in [6, 6.07) is 0. The molecule has 0 aromatic heterocycles. The molecule has 2 aliphatic rings. The number of amides is 1. The van der Waals surface area contributed by atoms with Gasteiger partial charge in [0.2, 0.25) is 5.91 Å². The van der Waals surface area contributed by atoms with Crippen LogP contribution in [-0.2, 0) is 9.53 Å². The van der Waals surface area contributed by atoms with E-state index in [4.69, 9.17) is 4.74 Å². The second-order valence-electron chi connectivity index (χ2n) is 5.84. The number of hydrogen-bond donors (Lipinski definition) is 2. The Kier molecular flexibility index (Phi) is 7.11. The van der Waals surface area contributed by atoms with Gasteiger partial charge in [0.25, 0.3) is 0 Å². The van der Waals surface area contributed by atoms with Crippen molar-refractivity contribution in [3.8, 4) is 0 Å². The Labute approximate surface area is 122 Å². The van der Waals surface area contributed by atoms with Crippen LogP contribution in [0, 0.1) is 11.3 Å². The van der Waals surface area contributed by atoms with Gasteiger partial charge < -0.3 is 15.4 Å². The topological polar surface area (TPSA) is 50.4 Å². The van der Waals surface area contributed by atoms with E-state index in [9.17, 15) is 4.79 Å². The number of nitrogens with one attached hydrogen (secondary N) is 2. The van der Waals surface area contributed by atoms with Crippen LogP contribution in [-0.4, -0.2) is 39.3 Å². The van der Waals surface area contributed by atoms with Gasteiger partial charge in [-0.25, -0.2) is 0 Å². The SMILES string of the molecule is COCCC1(CNC(=O)C2CCNCC2)CCC1.Cl. The van der Waals surface area contributed by atoms with E-state index in [1.54, 1.807) is 7.11 Å². The molecule has 1 aliphatic heterocycles. The third kappa shape index (κ3) is 4.62. The van der Waals surface area contributed by atoms with Gasteiger partial charge >= 0.3 is 0 Å². The molecule has 0 aromatic rings. The summed E-state index contributed by atoms with van der Waals surface area (Å²) in [5.74, 6) is 0.492. The quantitative estimate of drug-likeness (QED) is 0.783. The summed E-state index contributed by atoms with van der Waals surface area (Å²) in [5, 5.41) is 6.48. The summed E-state index contributed by atoms with van der Waals surface area (Å²) in [7, 11) is 1.75. The molecule has 1 aliphatic carbocycles. The van der Waals surface area contributed by atoms with Crippen molar-refractivity contribution in [3.63, 3.8) is 0 Å². The molecule has 2 rings (SSSR count). The first kappa shape index (κ1) is 16.7. The molecular weight excluding hydrogens is 264 g/mol. The van der Waals surface area contributed by atoms with Crippen molar-refractivity contribution in [2.24, 2.45) is 11.3 Å². The molecule has 0 unspecified atom stereocenters. The summed E-state index contributed by atoms with van der Waals surface area (Å²) in [4.78, 5) is 12.1. The van der Waals surface area contributed by atoms with E-state index in [-0.39, 0.29) is 24.2 Å². The van der Waals surface area contributed by atoms with Crippen molar-refractivity contribution in [2.75, 3.05) is 33.4 Å². The van der Waals surface area contributed by atoms with Crippen LogP contribution >= 0.6 is 12.4 Å². The third-order valence-electron chi connectivity index (χ3n) is 4.60. The minimum atomic E-state index is 0. The Morgan fingerprint density at radius 2 is 2.05 bits per heavy atom. The fraction of sp³-hybridized carbons (Fsp3) is 0.929. The molecule has 112 valence electrons. The molecule has 19 heavy (non-hydrogen) atoms. The Morgan fingerprint density at radius 3 is 2.58 bits per heavy atom. The minimum absolute atomic E-state index is 0. The number of hydrogen-bond acceptors (Lipinski definition) is 3. The van der Waals surface area contributed by atoms with E-state index < -0.39 is 0 Å². The molecular formula is C14H27ClN2O2. The lowest BCUT2D eigenvalue weighted by atomic mass is 9.66. The second-order valence-corrected chi connectivity index (χ2v) is 5.84. The molecule has 4 nitrogen and oxygen atoms in total. The van der Waals surface area contributed by atoms with Crippen molar-refractivity contribution < 1.29 is 9.53 Å². The van der Waals surface area contributed by atoms with Crippen LogP contribution in [0.5, 0.6) is 0 Å². The minimum Gasteiger partial charge on any atom is -0.385 e. The van der Waals surface area contributed by atoms with Crippen molar-refractivity contribution >= 4 is 18.3 Å². The maximum atomic E-state index is 12.1. The predicted molar refractivity (Wildman–Crippen MR) is 78.6 cm³/mol. The number of ether oxygens (including phenoxy) is 1. The van der Waals surface area contributed by atoms with Gasteiger partial charge in [0.1, 0.15) is 0 Å². The first-order valence-electron chi connectivity index (χ1n) is 7.23. The number of rotatable bonds is 6. The number of methoxy groups -OCH3 is 1.